The van der Waals surface area contributed by atoms with E-state index < -0.39 is 0 Å². The summed E-state index contributed by atoms with van der Waals surface area (Å²) in [6.07, 6.45) is 2.70. The van der Waals surface area contributed by atoms with Gasteiger partial charge in [0.15, 0.2) is 0 Å². The van der Waals surface area contributed by atoms with Crippen LogP contribution in [0.2, 0.25) is 5.02 Å². The lowest BCUT2D eigenvalue weighted by molar-refractivity contribution is 0.303. The Labute approximate surface area is 112 Å². The molecule has 2 heteroatoms. The molecule has 0 saturated carbocycles. The topological polar surface area (TPSA) is 20.2 Å². The largest absolute Gasteiger partial charge is 0.396 e. The van der Waals surface area contributed by atoms with Gasteiger partial charge >= 0.3 is 0 Å². The second kappa shape index (κ2) is 6.39. The fraction of sp³-hybridized carbons (Fsp3) is 0.125. The number of hydrogen-bond donors (Lipinski definition) is 1. The van der Waals surface area contributed by atoms with Gasteiger partial charge in [-0.3, -0.25) is 0 Å². The van der Waals surface area contributed by atoms with E-state index in [-0.39, 0.29) is 6.61 Å². The van der Waals surface area contributed by atoms with Crippen molar-refractivity contribution in [3.8, 4) is 0 Å². The minimum atomic E-state index is 0.157. The van der Waals surface area contributed by atoms with Gasteiger partial charge in [-0.05, 0) is 35.3 Å². The summed E-state index contributed by atoms with van der Waals surface area (Å²) in [5.41, 5.74) is 3.38. The third-order valence-corrected chi connectivity index (χ3v) is 2.97. The van der Waals surface area contributed by atoms with Crippen molar-refractivity contribution in [1.29, 1.82) is 0 Å². The summed E-state index contributed by atoms with van der Waals surface area (Å²) >= 11 is 5.91. The van der Waals surface area contributed by atoms with Crippen LogP contribution < -0.4 is 0 Å². The molecule has 0 spiro atoms. The van der Waals surface area contributed by atoms with E-state index in [1.807, 2.05) is 42.5 Å². The third kappa shape index (κ3) is 3.22. The first kappa shape index (κ1) is 12.9. The van der Waals surface area contributed by atoms with Gasteiger partial charge in [0, 0.05) is 11.6 Å². The molecule has 2 aromatic carbocycles. The van der Waals surface area contributed by atoms with E-state index in [2.05, 4.69) is 18.2 Å². The van der Waals surface area contributed by atoms with Gasteiger partial charge in [-0.25, -0.2) is 0 Å². The summed E-state index contributed by atoms with van der Waals surface area (Å²) in [6.45, 7) is 0.157. The highest BCUT2D eigenvalue weighted by Gasteiger charge is 2.04. The highest BCUT2D eigenvalue weighted by atomic mass is 35.5. The van der Waals surface area contributed by atoms with Gasteiger partial charge in [0.25, 0.3) is 0 Å². The molecule has 0 bridgehead atoms. The Hall–Kier alpha value is -1.57. The fourth-order valence-corrected chi connectivity index (χ4v) is 1.98. The SMILES string of the molecule is OCCC=C(c1ccccc1)c1ccc(Cl)cc1. The van der Waals surface area contributed by atoms with Gasteiger partial charge in [0.2, 0.25) is 0 Å². The Bertz CT molecular complexity index is 515. The Balaban J connectivity index is 2.40. The molecule has 0 saturated heterocycles. The van der Waals surface area contributed by atoms with Crippen LogP contribution >= 0.6 is 11.6 Å². The number of hydrogen-bond acceptors (Lipinski definition) is 1. The number of aliphatic hydroxyl groups is 1. The summed E-state index contributed by atoms with van der Waals surface area (Å²) in [4.78, 5) is 0. The van der Waals surface area contributed by atoms with Gasteiger partial charge in [-0.2, -0.15) is 0 Å². The van der Waals surface area contributed by atoms with Crippen molar-refractivity contribution in [1.82, 2.24) is 0 Å². The van der Waals surface area contributed by atoms with Crippen molar-refractivity contribution in [2.45, 2.75) is 6.42 Å². The van der Waals surface area contributed by atoms with Crippen LogP contribution in [-0.2, 0) is 0 Å². The molecule has 1 N–H and O–H groups in total. The maximum Gasteiger partial charge on any atom is 0.0465 e. The number of rotatable bonds is 4. The lowest BCUT2D eigenvalue weighted by Gasteiger charge is -2.08. The van der Waals surface area contributed by atoms with Crippen LogP contribution in [0.15, 0.2) is 60.7 Å². The molecule has 0 radical (unpaired) electrons. The highest BCUT2D eigenvalue weighted by Crippen LogP contribution is 2.25. The molecule has 18 heavy (non-hydrogen) atoms. The molecule has 2 aromatic rings. The molecule has 1 nitrogen and oxygen atoms in total. The monoisotopic (exact) mass is 258 g/mol. The number of benzene rings is 2. The molecule has 0 aliphatic rings. The third-order valence-electron chi connectivity index (χ3n) is 2.72. The molecular formula is C16H15ClO. The summed E-state index contributed by atoms with van der Waals surface area (Å²) < 4.78 is 0. The minimum absolute atomic E-state index is 0.157. The van der Waals surface area contributed by atoms with E-state index in [9.17, 15) is 0 Å². The first-order valence-electron chi connectivity index (χ1n) is 5.93. The molecule has 0 atom stereocenters. The highest BCUT2D eigenvalue weighted by molar-refractivity contribution is 6.30. The van der Waals surface area contributed by atoms with E-state index in [1.54, 1.807) is 0 Å². The summed E-state index contributed by atoms with van der Waals surface area (Å²) in [6, 6.07) is 17.9. The van der Waals surface area contributed by atoms with Crippen molar-refractivity contribution in [3.05, 3.63) is 76.8 Å². The normalized spacial score (nSPS) is 11.6. The summed E-state index contributed by atoms with van der Waals surface area (Å²) in [5, 5.41) is 9.72. The molecule has 0 aromatic heterocycles. The smallest absolute Gasteiger partial charge is 0.0465 e. The fourth-order valence-electron chi connectivity index (χ4n) is 1.86. The Morgan fingerprint density at radius 3 is 2.17 bits per heavy atom. The average molecular weight is 259 g/mol. The maximum absolute atomic E-state index is 8.99. The zero-order valence-corrected chi connectivity index (χ0v) is 10.8. The van der Waals surface area contributed by atoms with Gasteiger partial charge in [0.1, 0.15) is 0 Å². The van der Waals surface area contributed by atoms with Crippen molar-refractivity contribution >= 4 is 17.2 Å². The van der Waals surface area contributed by atoms with Crippen LogP contribution in [0, 0.1) is 0 Å². The number of halogens is 1. The van der Waals surface area contributed by atoms with E-state index in [1.165, 1.54) is 0 Å². The Morgan fingerprint density at radius 1 is 0.944 bits per heavy atom. The van der Waals surface area contributed by atoms with Crippen LogP contribution in [0.3, 0.4) is 0 Å². The first-order valence-corrected chi connectivity index (χ1v) is 6.31. The van der Waals surface area contributed by atoms with E-state index >= 15 is 0 Å². The molecule has 0 aliphatic carbocycles. The van der Waals surface area contributed by atoms with Gasteiger partial charge < -0.3 is 5.11 Å². The van der Waals surface area contributed by atoms with E-state index in [4.69, 9.17) is 16.7 Å². The molecular weight excluding hydrogens is 244 g/mol. The first-order chi connectivity index (χ1) is 8.81. The van der Waals surface area contributed by atoms with Crippen molar-refractivity contribution < 1.29 is 5.11 Å². The van der Waals surface area contributed by atoms with Crippen molar-refractivity contribution in [2.75, 3.05) is 6.61 Å². The molecule has 0 amide bonds. The van der Waals surface area contributed by atoms with Crippen LogP contribution in [0.1, 0.15) is 17.5 Å². The standard InChI is InChI=1S/C16H15ClO/c17-15-10-8-14(9-11-15)16(7-4-12-18)13-5-2-1-3-6-13/h1-3,5-11,18H,4,12H2. The van der Waals surface area contributed by atoms with Gasteiger partial charge in [0.05, 0.1) is 0 Å². The lowest BCUT2D eigenvalue weighted by atomic mass is 9.97. The van der Waals surface area contributed by atoms with Gasteiger partial charge in [-0.15, -0.1) is 0 Å². The zero-order valence-electron chi connectivity index (χ0n) is 10.0. The number of aliphatic hydroxyl groups excluding tert-OH is 1. The van der Waals surface area contributed by atoms with Crippen molar-refractivity contribution in [2.24, 2.45) is 0 Å². The van der Waals surface area contributed by atoms with Crippen LogP contribution in [0.4, 0.5) is 0 Å². The molecule has 0 fully saturated rings. The Morgan fingerprint density at radius 2 is 1.56 bits per heavy atom. The van der Waals surface area contributed by atoms with E-state index in [0.717, 1.165) is 21.7 Å². The van der Waals surface area contributed by atoms with E-state index in [0.29, 0.717) is 6.42 Å². The summed E-state index contributed by atoms with van der Waals surface area (Å²) in [5.74, 6) is 0. The Kier molecular flexibility index (Phi) is 4.57. The maximum atomic E-state index is 8.99. The second-order valence-electron chi connectivity index (χ2n) is 4.00. The molecule has 92 valence electrons. The van der Waals surface area contributed by atoms with Gasteiger partial charge in [-0.1, -0.05) is 60.1 Å². The van der Waals surface area contributed by atoms with Crippen LogP contribution in [0.25, 0.3) is 5.57 Å². The quantitative estimate of drug-likeness (QED) is 0.873. The second-order valence-corrected chi connectivity index (χ2v) is 4.44. The van der Waals surface area contributed by atoms with Crippen LogP contribution in [-0.4, -0.2) is 11.7 Å². The predicted octanol–water partition coefficient (Wildman–Crippen LogP) is 4.15. The molecule has 0 aliphatic heterocycles. The predicted molar refractivity (Wildman–Crippen MR) is 76.7 cm³/mol. The zero-order chi connectivity index (χ0) is 12.8. The minimum Gasteiger partial charge on any atom is -0.396 e. The molecule has 2 rings (SSSR count). The molecule has 0 heterocycles. The van der Waals surface area contributed by atoms with Crippen molar-refractivity contribution in [3.63, 3.8) is 0 Å². The summed E-state index contributed by atoms with van der Waals surface area (Å²) in [7, 11) is 0. The van der Waals surface area contributed by atoms with Crippen LogP contribution in [0.5, 0.6) is 0 Å². The lowest BCUT2D eigenvalue weighted by Crippen LogP contribution is -1.89. The average Bonchev–Trinajstić information content (AvgIpc) is 2.42. The molecule has 0 unspecified atom stereocenters.